The van der Waals surface area contributed by atoms with Gasteiger partial charge >= 0.3 is 0 Å². The maximum atomic E-state index is 9.73. The Labute approximate surface area is 123 Å². The minimum Gasteiger partial charge on any atom is -0.393 e. The van der Waals surface area contributed by atoms with Crippen molar-refractivity contribution in [3.8, 4) is 0 Å². The molecule has 19 heavy (non-hydrogen) atoms. The molecule has 104 valence electrons. The van der Waals surface area contributed by atoms with Crippen LogP contribution in [-0.4, -0.2) is 17.8 Å². The van der Waals surface area contributed by atoms with Gasteiger partial charge in [-0.1, -0.05) is 28.4 Å². The third-order valence-corrected chi connectivity index (χ3v) is 5.08. The van der Waals surface area contributed by atoms with E-state index in [2.05, 4.69) is 39.4 Å². The molecular formula is C16H22BrNO. The van der Waals surface area contributed by atoms with Gasteiger partial charge in [-0.15, -0.1) is 0 Å². The summed E-state index contributed by atoms with van der Waals surface area (Å²) < 4.78 is 1.18. The van der Waals surface area contributed by atoms with Crippen LogP contribution in [0.2, 0.25) is 0 Å². The van der Waals surface area contributed by atoms with E-state index in [0.717, 1.165) is 19.4 Å². The Kier molecular flexibility index (Phi) is 4.25. The lowest BCUT2D eigenvalue weighted by molar-refractivity contribution is 0.0996. The summed E-state index contributed by atoms with van der Waals surface area (Å²) in [6.07, 6.45) is 6.75. The zero-order valence-corrected chi connectivity index (χ0v) is 12.8. The van der Waals surface area contributed by atoms with Gasteiger partial charge in [0.05, 0.1) is 6.10 Å². The van der Waals surface area contributed by atoms with Crippen LogP contribution in [0.4, 0.5) is 0 Å². The second-order valence-electron chi connectivity index (χ2n) is 6.03. The molecule has 0 saturated heterocycles. The molecule has 1 fully saturated rings. The van der Waals surface area contributed by atoms with E-state index < -0.39 is 0 Å². The quantitative estimate of drug-likeness (QED) is 0.891. The molecule has 2 aliphatic rings. The van der Waals surface area contributed by atoms with E-state index >= 15 is 0 Å². The fourth-order valence-electron chi connectivity index (χ4n) is 3.56. The monoisotopic (exact) mass is 323 g/mol. The molecule has 3 heteroatoms. The van der Waals surface area contributed by atoms with Crippen molar-refractivity contribution in [3.63, 3.8) is 0 Å². The second-order valence-corrected chi connectivity index (χ2v) is 6.94. The number of benzene rings is 1. The Balaban J connectivity index is 1.57. The van der Waals surface area contributed by atoms with Crippen molar-refractivity contribution in [1.82, 2.24) is 5.32 Å². The van der Waals surface area contributed by atoms with Crippen LogP contribution in [0.5, 0.6) is 0 Å². The molecule has 1 aromatic carbocycles. The van der Waals surface area contributed by atoms with Crippen LogP contribution >= 0.6 is 15.9 Å². The molecule has 0 amide bonds. The minimum absolute atomic E-state index is 0.0626. The van der Waals surface area contributed by atoms with E-state index in [1.54, 1.807) is 0 Å². The largest absolute Gasteiger partial charge is 0.393 e. The first-order valence-electron chi connectivity index (χ1n) is 7.42. The molecule has 0 aromatic heterocycles. The molecule has 0 spiro atoms. The predicted octanol–water partition coefficient (Wildman–Crippen LogP) is 3.58. The van der Waals surface area contributed by atoms with E-state index in [0.29, 0.717) is 12.0 Å². The number of aryl methyl sites for hydroxylation is 1. The maximum absolute atomic E-state index is 9.73. The van der Waals surface area contributed by atoms with Gasteiger partial charge in [-0.2, -0.15) is 0 Å². The highest BCUT2D eigenvalue weighted by molar-refractivity contribution is 9.10. The van der Waals surface area contributed by atoms with E-state index in [1.165, 1.54) is 41.3 Å². The van der Waals surface area contributed by atoms with Gasteiger partial charge < -0.3 is 10.4 Å². The van der Waals surface area contributed by atoms with E-state index in [9.17, 15) is 5.11 Å². The zero-order chi connectivity index (χ0) is 13.2. The molecule has 0 heterocycles. The Morgan fingerprint density at radius 3 is 3.00 bits per heavy atom. The normalized spacial score (nSPS) is 30.3. The lowest BCUT2D eigenvalue weighted by Gasteiger charge is -2.27. The summed E-state index contributed by atoms with van der Waals surface area (Å²) in [4.78, 5) is 0. The van der Waals surface area contributed by atoms with Crippen molar-refractivity contribution >= 4 is 15.9 Å². The van der Waals surface area contributed by atoms with Crippen LogP contribution in [0.1, 0.15) is 49.3 Å². The van der Waals surface area contributed by atoms with Gasteiger partial charge in [0.2, 0.25) is 0 Å². The molecule has 3 unspecified atom stereocenters. The first-order chi connectivity index (χ1) is 9.22. The average Bonchev–Trinajstić information content (AvgIpc) is 2.78. The van der Waals surface area contributed by atoms with Crippen LogP contribution in [-0.2, 0) is 6.42 Å². The first kappa shape index (κ1) is 13.6. The molecule has 2 aliphatic carbocycles. The van der Waals surface area contributed by atoms with Crippen LogP contribution in [0.25, 0.3) is 0 Å². The zero-order valence-electron chi connectivity index (χ0n) is 11.2. The summed E-state index contributed by atoms with van der Waals surface area (Å²) in [5, 5.41) is 13.4. The molecule has 2 N–H and O–H groups in total. The molecule has 3 rings (SSSR count). The Hall–Kier alpha value is -0.380. The molecule has 1 saturated carbocycles. The van der Waals surface area contributed by atoms with Crippen molar-refractivity contribution in [3.05, 3.63) is 33.8 Å². The number of rotatable bonds is 3. The number of aliphatic hydroxyl groups excluding tert-OH is 1. The molecule has 3 atom stereocenters. The lowest BCUT2D eigenvalue weighted by atomic mass is 9.87. The fraction of sp³-hybridized carbons (Fsp3) is 0.625. The average molecular weight is 324 g/mol. The number of halogens is 1. The lowest BCUT2D eigenvalue weighted by Crippen LogP contribution is -2.30. The summed E-state index contributed by atoms with van der Waals surface area (Å²) >= 11 is 3.54. The van der Waals surface area contributed by atoms with E-state index in [-0.39, 0.29) is 6.10 Å². The van der Waals surface area contributed by atoms with Gasteiger partial charge in [0.25, 0.3) is 0 Å². The van der Waals surface area contributed by atoms with Gasteiger partial charge in [0.1, 0.15) is 0 Å². The van der Waals surface area contributed by atoms with Crippen molar-refractivity contribution in [1.29, 1.82) is 0 Å². The summed E-state index contributed by atoms with van der Waals surface area (Å²) in [7, 11) is 0. The van der Waals surface area contributed by atoms with Gasteiger partial charge in [0.15, 0.2) is 0 Å². The van der Waals surface area contributed by atoms with Gasteiger partial charge in [-0.05, 0) is 67.8 Å². The maximum Gasteiger partial charge on any atom is 0.0543 e. The van der Waals surface area contributed by atoms with Crippen LogP contribution < -0.4 is 5.32 Å². The van der Waals surface area contributed by atoms with Gasteiger partial charge in [0, 0.05) is 10.5 Å². The predicted molar refractivity (Wildman–Crippen MR) is 81.2 cm³/mol. The Bertz CT molecular complexity index is 448. The standard InChI is InChI=1S/C16H22BrNO/c17-13-5-6-15-12(9-13)4-7-16(15)18-10-11-2-1-3-14(19)8-11/h5-6,9,11,14,16,18-19H,1-4,7-8,10H2. The Morgan fingerprint density at radius 1 is 1.26 bits per heavy atom. The number of fused-ring (bicyclic) bond motifs is 1. The van der Waals surface area contributed by atoms with Crippen molar-refractivity contribution in [2.45, 2.75) is 50.7 Å². The number of aliphatic hydroxyl groups is 1. The topological polar surface area (TPSA) is 32.3 Å². The summed E-state index contributed by atoms with van der Waals surface area (Å²) in [5.74, 6) is 0.656. The highest BCUT2D eigenvalue weighted by atomic mass is 79.9. The molecule has 1 aromatic rings. The van der Waals surface area contributed by atoms with Crippen LogP contribution in [0.15, 0.2) is 22.7 Å². The van der Waals surface area contributed by atoms with Gasteiger partial charge in [-0.25, -0.2) is 0 Å². The molecular weight excluding hydrogens is 302 g/mol. The smallest absolute Gasteiger partial charge is 0.0543 e. The minimum atomic E-state index is -0.0626. The Morgan fingerprint density at radius 2 is 2.16 bits per heavy atom. The fourth-order valence-corrected chi connectivity index (χ4v) is 3.96. The second kappa shape index (κ2) is 5.94. The summed E-state index contributed by atoms with van der Waals surface area (Å²) in [6, 6.07) is 7.16. The van der Waals surface area contributed by atoms with E-state index in [4.69, 9.17) is 0 Å². The van der Waals surface area contributed by atoms with Crippen molar-refractivity contribution in [2.24, 2.45) is 5.92 Å². The molecule has 0 bridgehead atoms. The number of nitrogens with one attached hydrogen (secondary N) is 1. The summed E-state index contributed by atoms with van der Waals surface area (Å²) in [6.45, 7) is 1.05. The van der Waals surface area contributed by atoms with Crippen LogP contribution in [0.3, 0.4) is 0 Å². The molecule has 2 nitrogen and oxygen atoms in total. The first-order valence-corrected chi connectivity index (χ1v) is 8.21. The van der Waals surface area contributed by atoms with Crippen molar-refractivity contribution in [2.75, 3.05) is 6.54 Å². The number of hydrogen-bond donors (Lipinski definition) is 2. The number of hydrogen-bond acceptors (Lipinski definition) is 2. The molecule has 0 aliphatic heterocycles. The molecule has 0 radical (unpaired) electrons. The van der Waals surface area contributed by atoms with Crippen molar-refractivity contribution < 1.29 is 5.11 Å². The highest BCUT2D eigenvalue weighted by Crippen LogP contribution is 2.33. The van der Waals surface area contributed by atoms with Crippen LogP contribution in [0, 0.1) is 5.92 Å². The SMILES string of the molecule is OC1CCCC(CNC2CCc3cc(Br)ccc32)C1. The third kappa shape index (κ3) is 3.21. The third-order valence-electron chi connectivity index (χ3n) is 4.59. The van der Waals surface area contributed by atoms with E-state index in [1.807, 2.05) is 0 Å². The summed E-state index contributed by atoms with van der Waals surface area (Å²) in [5.41, 5.74) is 2.95. The highest BCUT2D eigenvalue weighted by Gasteiger charge is 2.25. The van der Waals surface area contributed by atoms with Gasteiger partial charge in [-0.3, -0.25) is 0 Å².